The SMILES string of the molecule is CCOC(=O)c1ccc(N=C2SC(C(=O)Nc3ccc(OC)cc3)CC(=O)N2CCCc2ccccc2)cc1. The monoisotopic (exact) mass is 545 g/mol. The maximum Gasteiger partial charge on any atom is 0.338 e. The van der Waals surface area contributed by atoms with Crippen molar-refractivity contribution in [2.24, 2.45) is 4.99 Å². The fraction of sp³-hybridized carbons (Fsp3) is 0.267. The molecule has 1 unspecified atom stereocenters. The van der Waals surface area contributed by atoms with Crippen molar-refractivity contribution in [2.75, 3.05) is 25.6 Å². The van der Waals surface area contributed by atoms with Crippen LogP contribution in [0.2, 0.25) is 0 Å². The Kier molecular flexibility index (Phi) is 9.74. The Balaban J connectivity index is 1.51. The summed E-state index contributed by atoms with van der Waals surface area (Å²) < 4.78 is 10.2. The van der Waals surface area contributed by atoms with Gasteiger partial charge in [0.15, 0.2) is 5.17 Å². The molecule has 0 saturated carbocycles. The van der Waals surface area contributed by atoms with Crippen LogP contribution in [0.25, 0.3) is 0 Å². The molecule has 9 heteroatoms. The normalized spacial score (nSPS) is 16.2. The van der Waals surface area contributed by atoms with Crippen molar-refractivity contribution in [2.45, 2.75) is 31.4 Å². The molecule has 3 aromatic rings. The molecule has 0 aliphatic carbocycles. The van der Waals surface area contributed by atoms with Gasteiger partial charge in [0.05, 0.1) is 25.0 Å². The molecule has 1 heterocycles. The largest absolute Gasteiger partial charge is 0.497 e. The van der Waals surface area contributed by atoms with Gasteiger partial charge in [-0.05, 0) is 73.9 Å². The number of amidine groups is 1. The Labute approximate surface area is 232 Å². The molecule has 0 radical (unpaired) electrons. The Morgan fingerprint density at radius 1 is 1.03 bits per heavy atom. The van der Waals surface area contributed by atoms with E-state index in [2.05, 4.69) is 17.4 Å². The quantitative estimate of drug-likeness (QED) is 0.340. The zero-order valence-corrected chi connectivity index (χ0v) is 22.8. The third kappa shape index (κ3) is 7.70. The Morgan fingerprint density at radius 2 is 1.74 bits per heavy atom. The van der Waals surface area contributed by atoms with E-state index in [1.54, 1.807) is 67.5 Å². The van der Waals surface area contributed by atoms with Crippen LogP contribution in [0.4, 0.5) is 11.4 Å². The predicted octanol–water partition coefficient (Wildman–Crippen LogP) is 5.47. The molecule has 1 aliphatic rings. The van der Waals surface area contributed by atoms with Crippen molar-refractivity contribution in [3.05, 3.63) is 90.0 Å². The van der Waals surface area contributed by atoms with Crippen LogP contribution in [-0.2, 0) is 20.7 Å². The number of nitrogens with zero attached hydrogens (tertiary/aromatic N) is 2. The number of thioether (sulfide) groups is 1. The van der Waals surface area contributed by atoms with Crippen LogP contribution < -0.4 is 10.1 Å². The van der Waals surface area contributed by atoms with Gasteiger partial charge < -0.3 is 14.8 Å². The van der Waals surface area contributed by atoms with E-state index in [1.807, 2.05) is 18.2 Å². The maximum atomic E-state index is 13.3. The summed E-state index contributed by atoms with van der Waals surface area (Å²) in [6, 6.07) is 23.8. The Bertz CT molecular complexity index is 1310. The lowest BCUT2D eigenvalue weighted by molar-refractivity contribution is -0.129. The fourth-order valence-corrected chi connectivity index (χ4v) is 5.17. The van der Waals surface area contributed by atoms with Crippen LogP contribution >= 0.6 is 11.8 Å². The summed E-state index contributed by atoms with van der Waals surface area (Å²) in [7, 11) is 1.58. The van der Waals surface area contributed by atoms with E-state index >= 15 is 0 Å². The molecule has 1 atom stereocenters. The van der Waals surface area contributed by atoms with E-state index in [1.165, 1.54) is 17.3 Å². The average molecular weight is 546 g/mol. The number of rotatable bonds is 10. The number of methoxy groups -OCH3 is 1. The minimum Gasteiger partial charge on any atom is -0.497 e. The van der Waals surface area contributed by atoms with Crippen LogP contribution in [0, 0.1) is 0 Å². The number of esters is 1. The lowest BCUT2D eigenvalue weighted by Gasteiger charge is -2.32. The number of hydrogen-bond donors (Lipinski definition) is 1. The Morgan fingerprint density at radius 3 is 2.41 bits per heavy atom. The number of amides is 2. The van der Waals surface area contributed by atoms with Crippen LogP contribution in [0.3, 0.4) is 0 Å². The third-order valence-corrected chi connectivity index (χ3v) is 7.27. The summed E-state index contributed by atoms with van der Waals surface area (Å²) in [5.41, 5.74) is 2.80. The van der Waals surface area contributed by atoms with Crippen molar-refractivity contribution in [1.82, 2.24) is 4.90 Å². The summed E-state index contributed by atoms with van der Waals surface area (Å²) in [6.45, 7) is 2.52. The molecule has 1 saturated heterocycles. The molecule has 0 bridgehead atoms. The van der Waals surface area contributed by atoms with Crippen molar-refractivity contribution >= 4 is 46.1 Å². The van der Waals surface area contributed by atoms with Gasteiger partial charge >= 0.3 is 5.97 Å². The highest BCUT2D eigenvalue weighted by Crippen LogP contribution is 2.30. The molecule has 8 nitrogen and oxygen atoms in total. The molecule has 4 rings (SSSR count). The van der Waals surface area contributed by atoms with Gasteiger partial charge in [0.2, 0.25) is 11.8 Å². The second-order valence-corrected chi connectivity index (χ2v) is 9.99. The molecule has 1 N–H and O–H groups in total. The first-order valence-electron chi connectivity index (χ1n) is 12.8. The van der Waals surface area contributed by atoms with E-state index in [0.717, 1.165) is 12.8 Å². The summed E-state index contributed by atoms with van der Waals surface area (Å²) in [4.78, 5) is 44.8. The number of aliphatic imine (C=N–C) groups is 1. The van der Waals surface area contributed by atoms with E-state index < -0.39 is 11.2 Å². The number of anilines is 1. The highest BCUT2D eigenvalue weighted by Gasteiger charge is 2.35. The number of carbonyl (C=O) groups is 3. The van der Waals surface area contributed by atoms with Gasteiger partial charge in [0.1, 0.15) is 11.0 Å². The van der Waals surface area contributed by atoms with Gasteiger partial charge in [-0.1, -0.05) is 42.1 Å². The molecule has 0 spiro atoms. The molecule has 1 fully saturated rings. The van der Waals surface area contributed by atoms with E-state index in [-0.39, 0.29) is 18.2 Å². The molecular weight excluding hydrogens is 514 g/mol. The van der Waals surface area contributed by atoms with Gasteiger partial charge in [-0.3, -0.25) is 14.5 Å². The van der Waals surface area contributed by atoms with Gasteiger partial charge in [-0.25, -0.2) is 9.79 Å². The maximum absolute atomic E-state index is 13.3. The van der Waals surface area contributed by atoms with Crippen molar-refractivity contribution < 1.29 is 23.9 Å². The van der Waals surface area contributed by atoms with Crippen LogP contribution in [0.1, 0.15) is 35.7 Å². The van der Waals surface area contributed by atoms with Gasteiger partial charge in [0.25, 0.3) is 0 Å². The first-order chi connectivity index (χ1) is 19.0. The van der Waals surface area contributed by atoms with E-state index in [0.29, 0.717) is 41.0 Å². The molecular formula is C30H31N3O5S. The van der Waals surface area contributed by atoms with Crippen LogP contribution in [-0.4, -0.2) is 53.4 Å². The molecule has 202 valence electrons. The number of aryl methyl sites for hydroxylation is 1. The molecule has 39 heavy (non-hydrogen) atoms. The highest BCUT2D eigenvalue weighted by atomic mass is 32.2. The smallest absolute Gasteiger partial charge is 0.338 e. The second kappa shape index (κ2) is 13.6. The van der Waals surface area contributed by atoms with Gasteiger partial charge in [0, 0.05) is 18.7 Å². The number of carbonyl (C=O) groups excluding carboxylic acids is 3. The lowest BCUT2D eigenvalue weighted by Crippen LogP contribution is -2.45. The summed E-state index contributed by atoms with van der Waals surface area (Å²) in [6.07, 6.45) is 1.64. The van der Waals surface area contributed by atoms with Crippen molar-refractivity contribution in [1.29, 1.82) is 0 Å². The van der Waals surface area contributed by atoms with Gasteiger partial charge in [-0.15, -0.1) is 0 Å². The van der Waals surface area contributed by atoms with Crippen LogP contribution in [0.15, 0.2) is 83.9 Å². The standard InChI is InChI=1S/C30H31N3O5S/c1-3-38-29(36)22-11-13-24(14-12-22)32-30-33(19-7-10-21-8-5-4-6-9-21)27(34)20-26(39-30)28(35)31-23-15-17-25(37-2)18-16-23/h4-6,8-9,11-18,26H,3,7,10,19-20H2,1-2H3,(H,31,35). The molecule has 3 aromatic carbocycles. The zero-order valence-electron chi connectivity index (χ0n) is 22.0. The summed E-state index contributed by atoms with van der Waals surface area (Å²) in [5.74, 6) is -0.145. The number of benzene rings is 3. The lowest BCUT2D eigenvalue weighted by atomic mass is 10.1. The fourth-order valence-electron chi connectivity index (χ4n) is 4.04. The van der Waals surface area contributed by atoms with Crippen molar-refractivity contribution in [3.8, 4) is 5.75 Å². The highest BCUT2D eigenvalue weighted by molar-refractivity contribution is 8.15. The molecule has 2 amide bonds. The van der Waals surface area contributed by atoms with Crippen LogP contribution in [0.5, 0.6) is 5.75 Å². The second-order valence-electron chi connectivity index (χ2n) is 8.82. The number of nitrogens with one attached hydrogen (secondary N) is 1. The third-order valence-electron chi connectivity index (χ3n) is 6.08. The number of ether oxygens (including phenoxy) is 2. The zero-order chi connectivity index (χ0) is 27.6. The predicted molar refractivity (Wildman–Crippen MR) is 154 cm³/mol. The first-order valence-corrected chi connectivity index (χ1v) is 13.7. The van der Waals surface area contributed by atoms with E-state index in [4.69, 9.17) is 14.5 Å². The molecule has 0 aromatic heterocycles. The minimum atomic E-state index is -0.637. The number of hydrogen-bond acceptors (Lipinski definition) is 7. The minimum absolute atomic E-state index is 0.0683. The van der Waals surface area contributed by atoms with E-state index in [9.17, 15) is 14.4 Å². The summed E-state index contributed by atoms with van der Waals surface area (Å²) in [5, 5.41) is 2.71. The van der Waals surface area contributed by atoms with Gasteiger partial charge in [-0.2, -0.15) is 0 Å². The summed E-state index contributed by atoms with van der Waals surface area (Å²) >= 11 is 1.26. The van der Waals surface area contributed by atoms with Crippen molar-refractivity contribution in [3.63, 3.8) is 0 Å². The first kappa shape index (κ1) is 27.9. The average Bonchev–Trinajstić information content (AvgIpc) is 2.95. The topological polar surface area (TPSA) is 97.3 Å². The molecule has 1 aliphatic heterocycles. The Hall–Kier alpha value is -4.11.